The molecule has 0 amide bonds. The fourth-order valence-corrected chi connectivity index (χ4v) is 3.39. The third kappa shape index (κ3) is 9.22. The molecule has 0 atom stereocenters. The molecular formula is C21H36N2OS. The normalized spacial score (nSPS) is 14.9. The van der Waals surface area contributed by atoms with Crippen molar-refractivity contribution in [2.75, 3.05) is 13.2 Å². The smallest absolute Gasteiger partial charge is 0.0921 e. The number of aromatic amines is 1. The van der Waals surface area contributed by atoms with Crippen LogP contribution < -0.4 is 0 Å². The van der Waals surface area contributed by atoms with Crippen molar-refractivity contribution in [3.63, 3.8) is 0 Å². The summed E-state index contributed by atoms with van der Waals surface area (Å²) < 4.78 is 5.25. The van der Waals surface area contributed by atoms with Gasteiger partial charge in [0.05, 0.1) is 6.33 Å². The zero-order valence-corrected chi connectivity index (χ0v) is 17.6. The molecule has 1 saturated heterocycles. The molecule has 0 bridgehead atoms. The van der Waals surface area contributed by atoms with E-state index in [-0.39, 0.29) is 0 Å². The molecule has 1 fully saturated rings. The summed E-state index contributed by atoms with van der Waals surface area (Å²) in [6.45, 7) is 15.3. The summed E-state index contributed by atoms with van der Waals surface area (Å²) in [5, 5.41) is 4.32. The Bertz CT molecular complexity index is 474. The zero-order valence-electron chi connectivity index (χ0n) is 16.8. The highest BCUT2D eigenvalue weighted by Crippen LogP contribution is 2.22. The van der Waals surface area contributed by atoms with E-state index >= 15 is 0 Å². The van der Waals surface area contributed by atoms with Gasteiger partial charge in [0.2, 0.25) is 0 Å². The summed E-state index contributed by atoms with van der Waals surface area (Å²) in [7, 11) is 0. The molecule has 25 heavy (non-hydrogen) atoms. The molecule has 0 aromatic carbocycles. The summed E-state index contributed by atoms with van der Waals surface area (Å²) >= 11 is 1.77. The predicted octanol–water partition coefficient (Wildman–Crippen LogP) is 6.47. The Hall–Kier alpha value is -1.13. The van der Waals surface area contributed by atoms with Crippen LogP contribution in [0.2, 0.25) is 0 Å². The molecule has 3 rings (SSSR count). The van der Waals surface area contributed by atoms with Crippen LogP contribution in [0, 0.1) is 11.8 Å². The van der Waals surface area contributed by atoms with Crippen LogP contribution in [0.1, 0.15) is 77.5 Å². The van der Waals surface area contributed by atoms with Crippen LogP contribution in [-0.2, 0) is 4.74 Å². The minimum Gasteiger partial charge on any atom is -0.381 e. The molecule has 0 radical (unpaired) electrons. The summed E-state index contributed by atoms with van der Waals surface area (Å²) in [5.74, 6) is 3.05. The number of nitrogens with zero attached hydrogens (tertiary/aromatic N) is 1. The quantitative estimate of drug-likeness (QED) is 0.677. The van der Waals surface area contributed by atoms with Gasteiger partial charge in [-0.05, 0) is 58.9 Å². The van der Waals surface area contributed by atoms with Crippen molar-refractivity contribution in [1.82, 2.24) is 9.97 Å². The Labute approximate surface area is 158 Å². The van der Waals surface area contributed by atoms with E-state index in [4.69, 9.17) is 4.74 Å². The van der Waals surface area contributed by atoms with E-state index < -0.39 is 0 Å². The van der Waals surface area contributed by atoms with Gasteiger partial charge in [0.1, 0.15) is 0 Å². The monoisotopic (exact) mass is 364 g/mol. The second-order valence-electron chi connectivity index (χ2n) is 7.57. The number of hydrogen-bond acceptors (Lipinski definition) is 3. The average molecular weight is 365 g/mol. The number of imidazole rings is 1. The van der Waals surface area contributed by atoms with Crippen molar-refractivity contribution in [2.45, 2.75) is 66.2 Å². The highest BCUT2D eigenvalue weighted by atomic mass is 32.1. The number of aromatic nitrogens is 2. The molecule has 142 valence electrons. The maximum Gasteiger partial charge on any atom is 0.0921 e. The van der Waals surface area contributed by atoms with Gasteiger partial charge in [0.25, 0.3) is 0 Å². The minimum atomic E-state index is 0.567. The number of hydrogen-bond donors (Lipinski definition) is 1. The van der Waals surface area contributed by atoms with Gasteiger partial charge in [0.15, 0.2) is 0 Å². The van der Waals surface area contributed by atoms with Gasteiger partial charge in [0, 0.05) is 25.1 Å². The molecule has 2 aromatic heterocycles. The molecule has 0 aliphatic carbocycles. The Kier molecular flexibility index (Phi) is 10.7. The molecule has 1 aliphatic heterocycles. The van der Waals surface area contributed by atoms with Crippen LogP contribution >= 0.6 is 11.3 Å². The lowest BCUT2D eigenvalue weighted by Gasteiger charge is -2.24. The van der Waals surface area contributed by atoms with E-state index in [0.717, 1.165) is 25.0 Å². The molecule has 0 saturated carbocycles. The van der Waals surface area contributed by atoms with Gasteiger partial charge in [-0.3, -0.25) is 0 Å². The summed E-state index contributed by atoms with van der Waals surface area (Å²) in [6.07, 6.45) is 6.11. The largest absolute Gasteiger partial charge is 0.381 e. The number of H-pyrrole nitrogens is 1. The van der Waals surface area contributed by atoms with Gasteiger partial charge in [-0.15, -0.1) is 0 Å². The number of thiophene rings is 1. The first kappa shape index (κ1) is 21.9. The molecule has 1 N–H and O–H groups in total. The Morgan fingerprint density at radius 2 is 1.76 bits per heavy atom. The van der Waals surface area contributed by atoms with Gasteiger partial charge in [-0.2, -0.15) is 11.3 Å². The van der Waals surface area contributed by atoms with Crippen LogP contribution in [0.4, 0.5) is 0 Å². The summed E-state index contributed by atoms with van der Waals surface area (Å²) in [5.41, 5.74) is 2.65. The minimum absolute atomic E-state index is 0.567. The maximum atomic E-state index is 5.25. The first-order valence-electron chi connectivity index (χ1n) is 9.49. The van der Waals surface area contributed by atoms with Crippen LogP contribution in [0.15, 0.2) is 29.4 Å². The lowest BCUT2D eigenvalue weighted by atomic mass is 9.89. The van der Waals surface area contributed by atoms with Crippen LogP contribution in [-0.4, -0.2) is 23.2 Å². The Morgan fingerprint density at radius 3 is 2.04 bits per heavy atom. The average Bonchev–Trinajstić information content (AvgIpc) is 3.30. The molecule has 1 aliphatic rings. The van der Waals surface area contributed by atoms with Crippen LogP contribution in [0.5, 0.6) is 0 Å². The second kappa shape index (κ2) is 12.3. The molecule has 0 unspecified atom stereocenters. The van der Waals surface area contributed by atoms with Crippen molar-refractivity contribution < 1.29 is 4.74 Å². The lowest BCUT2D eigenvalue weighted by Crippen LogP contribution is -2.19. The number of rotatable bonds is 3. The van der Waals surface area contributed by atoms with E-state index in [0.29, 0.717) is 11.8 Å². The standard InChI is InChI=1S/C8H16O.C7H10S.C6H10N2/c1-7(2)8-3-5-9-6-4-8;1-6(2)7-3-4-8-5-7;1-5(2)6-3-7-4-8-6/h7-8H,3-6H2,1-2H3;3-6H,1-2H3;3-5H,1-2H3,(H,7,8). The van der Waals surface area contributed by atoms with Crippen molar-refractivity contribution in [1.29, 1.82) is 0 Å². The van der Waals surface area contributed by atoms with E-state index in [9.17, 15) is 0 Å². The lowest BCUT2D eigenvalue weighted by molar-refractivity contribution is 0.0523. The van der Waals surface area contributed by atoms with Crippen LogP contribution in [0.25, 0.3) is 0 Å². The fourth-order valence-electron chi connectivity index (χ4n) is 2.57. The molecule has 0 spiro atoms. The topological polar surface area (TPSA) is 37.9 Å². The predicted molar refractivity (Wildman–Crippen MR) is 109 cm³/mol. The third-order valence-electron chi connectivity index (χ3n) is 4.56. The number of nitrogens with one attached hydrogen (secondary N) is 1. The zero-order chi connectivity index (χ0) is 18.7. The molecule has 2 aromatic rings. The maximum absolute atomic E-state index is 5.25. The Morgan fingerprint density at radius 1 is 1.08 bits per heavy atom. The highest BCUT2D eigenvalue weighted by Gasteiger charge is 2.16. The first-order chi connectivity index (χ1) is 11.9. The summed E-state index contributed by atoms with van der Waals surface area (Å²) in [4.78, 5) is 6.91. The van der Waals surface area contributed by atoms with Gasteiger partial charge in [-0.25, -0.2) is 4.98 Å². The van der Waals surface area contributed by atoms with E-state index in [2.05, 4.69) is 68.3 Å². The van der Waals surface area contributed by atoms with E-state index in [1.165, 1.54) is 24.1 Å². The molecule has 3 nitrogen and oxygen atoms in total. The van der Waals surface area contributed by atoms with E-state index in [1.807, 2.05) is 6.20 Å². The number of ether oxygens (including phenoxy) is 1. The first-order valence-corrected chi connectivity index (χ1v) is 10.4. The summed E-state index contributed by atoms with van der Waals surface area (Å²) in [6, 6.07) is 2.18. The third-order valence-corrected chi connectivity index (χ3v) is 5.26. The molecule has 4 heteroatoms. The van der Waals surface area contributed by atoms with Gasteiger partial charge >= 0.3 is 0 Å². The Balaban J connectivity index is 0.000000188. The van der Waals surface area contributed by atoms with Gasteiger partial charge in [-0.1, -0.05) is 41.5 Å². The van der Waals surface area contributed by atoms with Crippen molar-refractivity contribution in [2.24, 2.45) is 11.8 Å². The second-order valence-corrected chi connectivity index (χ2v) is 8.35. The molecule has 3 heterocycles. The molecular weight excluding hydrogens is 328 g/mol. The SMILES string of the molecule is CC(C)C1CCOCC1.CC(C)c1ccsc1.CC(C)c1cnc[nH]1. The van der Waals surface area contributed by atoms with Crippen molar-refractivity contribution >= 4 is 11.3 Å². The highest BCUT2D eigenvalue weighted by molar-refractivity contribution is 7.07. The van der Waals surface area contributed by atoms with Crippen molar-refractivity contribution in [3.8, 4) is 0 Å². The fraction of sp³-hybridized carbons (Fsp3) is 0.667. The van der Waals surface area contributed by atoms with Crippen molar-refractivity contribution in [3.05, 3.63) is 40.6 Å². The van der Waals surface area contributed by atoms with Gasteiger partial charge < -0.3 is 9.72 Å². The van der Waals surface area contributed by atoms with Crippen LogP contribution in [0.3, 0.4) is 0 Å². The van der Waals surface area contributed by atoms with E-state index in [1.54, 1.807) is 17.7 Å².